The average Bonchev–Trinajstić information content (AvgIpc) is 2.72. The van der Waals surface area contributed by atoms with Crippen LogP contribution in [-0.2, 0) is 4.79 Å². The lowest BCUT2D eigenvalue weighted by Gasteiger charge is -2.41. The Morgan fingerprint density at radius 1 is 1.03 bits per heavy atom. The standard InChI is InChI=1S/C26H37NO2/c1-4-7-10-15-22-23(25(28)29)16-19-26(17-6-3,18-8-5-2)24(22)27-20-21-13-11-9-12-14-21/h9,11-14,16,19-20,24H,4-8,10,15,17-18H2,1-3H3,(H,28,29). The predicted octanol–water partition coefficient (Wildman–Crippen LogP) is 6.98. The molecular weight excluding hydrogens is 358 g/mol. The van der Waals surface area contributed by atoms with Gasteiger partial charge in [-0.3, -0.25) is 4.99 Å². The molecule has 0 spiro atoms. The van der Waals surface area contributed by atoms with Crippen LogP contribution in [0.5, 0.6) is 0 Å². The minimum atomic E-state index is -0.826. The number of unbranched alkanes of at least 4 members (excludes halogenated alkanes) is 3. The molecule has 3 nitrogen and oxygen atoms in total. The number of hydrogen-bond acceptors (Lipinski definition) is 2. The minimum Gasteiger partial charge on any atom is -0.478 e. The number of carboxylic acid groups (broad SMARTS) is 1. The van der Waals surface area contributed by atoms with Gasteiger partial charge in [-0.15, -0.1) is 0 Å². The summed E-state index contributed by atoms with van der Waals surface area (Å²) in [6.45, 7) is 6.61. The van der Waals surface area contributed by atoms with Crippen LogP contribution < -0.4 is 0 Å². The summed E-state index contributed by atoms with van der Waals surface area (Å²) < 4.78 is 0. The Morgan fingerprint density at radius 3 is 2.38 bits per heavy atom. The minimum absolute atomic E-state index is 0.0868. The maximum absolute atomic E-state index is 12.0. The van der Waals surface area contributed by atoms with Crippen molar-refractivity contribution in [1.82, 2.24) is 0 Å². The summed E-state index contributed by atoms with van der Waals surface area (Å²) in [6, 6.07) is 10.0. The molecule has 0 aliphatic heterocycles. The number of aliphatic imine (C=N–C) groups is 1. The van der Waals surface area contributed by atoms with Crippen LogP contribution in [0.4, 0.5) is 0 Å². The molecule has 0 bridgehead atoms. The van der Waals surface area contributed by atoms with Crippen molar-refractivity contribution in [1.29, 1.82) is 0 Å². The van der Waals surface area contributed by atoms with E-state index in [4.69, 9.17) is 4.99 Å². The second-order valence-corrected chi connectivity index (χ2v) is 8.21. The maximum Gasteiger partial charge on any atom is 0.335 e. The third-order valence-electron chi connectivity index (χ3n) is 5.97. The Kier molecular flexibility index (Phi) is 9.37. The Bertz CT molecular complexity index is 732. The van der Waals surface area contributed by atoms with Crippen LogP contribution in [0.15, 0.2) is 58.6 Å². The summed E-state index contributed by atoms with van der Waals surface area (Å²) in [4.78, 5) is 17.1. The Labute approximate surface area is 176 Å². The lowest BCUT2D eigenvalue weighted by molar-refractivity contribution is -0.132. The first kappa shape index (κ1) is 23.1. The number of aliphatic carboxylic acids is 1. The van der Waals surface area contributed by atoms with Crippen molar-refractivity contribution >= 4 is 12.2 Å². The summed E-state index contributed by atoms with van der Waals surface area (Å²) in [5, 5.41) is 9.88. The number of carbonyl (C=O) groups is 1. The van der Waals surface area contributed by atoms with Gasteiger partial charge in [0.05, 0.1) is 11.6 Å². The Morgan fingerprint density at radius 2 is 1.76 bits per heavy atom. The Balaban J connectivity index is 2.51. The molecule has 1 aromatic carbocycles. The van der Waals surface area contributed by atoms with Crippen LogP contribution in [0.3, 0.4) is 0 Å². The smallest absolute Gasteiger partial charge is 0.335 e. The van der Waals surface area contributed by atoms with Gasteiger partial charge < -0.3 is 5.11 Å². The van der Waals surface area contributed by atoms with Gasteiger partial charge in [0.25, 0.3) is 0 Å². The molecule has 1 aromatic rings. The molecule has 29 heavy (non-hydrogen) atoms. The molecule has 1 aliphatic carbocycles. The highest BCUT2D eigenvalue weighted by molar-refractivity contribution is 5.92. The lowest BCUT2D eigenvalue weighted by Crippen LogP contribution is -2.37. The SMILES string of the molecule is CCCCCC1=C(C(=O)O)C=CC(CCC)(CCCC)C1N=Cc1ccccc1. The normalized spacial score (nSPS) is 21.8. The molecule has 0 amide bonds. The van der Waals surface area contributed by atoms with Crippen LogP contribution >= 0.6 is 0 Å². The first-order valence-electron chi connectivity index (χ1n) is 11.3. The van der Waals surface area contributed by atoms with Crippen LogP contribution in [0.1, 0.15) is 84.1 Å². The van der Waals surface area contributed by atoms with Gasteiger partial charge in [0.2, 0.25) is 0 Å². The van der Waals surface area contributed by atoms with Crippen molar-refractivity contribution in [3.63, 3.8) is 0 Å². The second kappa shape index (κ2) is 11.7. The summed E-state index contributed by atoms with van der Waals surface area (Å²) in [7, 11) is 0. The summed E-state index contributed by atoms with van der Waals surface area (Å²) >= 11 is 0. The fourth-order valence-corrected chi connectivity index (χ4v) is 4.46. The highest BCUT2D eigenvalue weighted by Gasteiger charge is 2.41. The summed E-state index contributed by atoms with van der Waals surface area (Å²) in [5.74, 6) is -0.826. The molecule has 3 heteroatoms. The van der Waals surface area contributed by atoms with Gasteiger partial charge >= 0.3 is 5.97 Å². The molecule has 2 rings (SSSR count). The fourth-order valence-electron chi connectivity index (χ4n) is 4.46. The van der Waals surface area contributed by atoms with E-state index in [2.05, 4.69) is 26.8 Å². The molecule has 0 aromatic heterocycles. The molecule has 2 unspecified atom stereocenters. The maximum atomic E-state index is 12.0. The van der Waals surface area contributed by atoms with E-state index in [0.717, 1.165) is 68.9 Å². The highest BCUT2D eigenvalue weighted by Crippen LogP contribution is 2.46. The van der Waals surface area contributed by atoms with E-state index in [-0.39, 0.29) is 11.5 Å². The molecule has 2 atom stereocenters. The topological polar surface area (TPSA) is 49.7 Å². The van der Waals surface area contributed by atoms with Crippen LogP contribution in [0, 0.1) is 5.41 Å². The molecule has 0 fully saturated rings. The van der Waals surface area contributed by atoms with Crippen molar-refractivity contribution in [2.45, 2.75) is 84.6 Å². The van der Waals surface area contributed by atoms with Crippen LogP contribution in [-0.4, -0.2) is 23.3 Å². The van der Waals surface area contributed by atoms with Gasteiger partial charge in [-0.25, -0.2) is 4.79 Å². The van der Waals surface area contributed by atoms with Crippen LogP contribution in [0.2, 0.25) is 0 Å². The van der Waals surface area contributed by atoms with Crippen molar-refractivity contribution in [2.75, 3.05) is 0 Å². The largest absolute Gasteiger partial charge is 0.478 e. The molecule has 158 valence electrons. The summed E-state index contributed by atoms with van der Waals surface area (Å²) in [5.41, 5.74) is 2.45. The molecule has 0 saturated heterocycles. The predicted molar refractivity (Wildman–Crippen MR) is 123 cm³/mol. The molecular formula is C26H37NO2. The van der Waals surface area contributed by atoms with E-state index in [9.17, 15) is 9.90 Å². The van der Waals surface area contributed by atoms with Gasteiger partial charge in [0.1, 0.15) is 0 Å². The third-order valence-corrected chi connectivity index (χ3v) is 5.97. The van der Waals surface area contributed by atoms with Crippen molar-refractivity contribution in [2.24, 2.45) is 10.4 Å². The van der Waals surface area contributed by atoms with Crippen molar-refractivity contribution in [3.05, 3.63) is 59.2 Å². The van der Waals surface area contributed by atoms with Crippen molar-refractivity contribution in [3.8, 4) is 0 Å². The zero-order chi connectivity index (χ0) is 21.1. The van der Waals surface area contributed by atoms with Gasteiger partial charge in [-0.05, 0) is 36.8 Å². The number of benzene rings is 1. The van der Waals surface area contributed by atoms with Gasteiger partial charge in [-0.2, -0.15) is 0 Å². The quantitative estimate of drug-likeness (QED) is 0.306. The molecule has 0 saturated carbocycles. The lowest BCUT2D eigenvalue weighted by atomic mass is 9.66. The first-order valence-corrected chi connectivity index (χ1v) is 11.3. The second-order valence-electron chi connectivity index (χ2n) is 8.21. The van der Waals surface area contributed by atoms with Crippen molar-refractivity contribution < 1.29 is 9.90 Å². The van der Waals surface area contributed by atoms with E-state index in [1.807, 2.05) is 42.6 Å². The zero-order valence-electron chi connectivity index (χ0n) is 18.4. The van der Waals surface area contributed by atoms with E-state index in [1.54, 1.807) is 0 Å². The Hall–Kier alpha value is -2.16. The molecule has 0 radical (unpaired) electrons. The van der Waals surface area contributed by atoms with E-state index in [0.29, 0.717) is 5.57 Å². The number of rotatable bonds is 12. The van der Waals surface area contributed by atoms with Gasteiger partial charge in [0, 0.05) is 11.6 Å². The van der Waals surface area contributed by atoms with E-state index in [1.165, 1.54) is 0 Å². The highest BCUT2D eigenvalue weighted by atomic mass is 16.4. The molecule has 1 N–H and O–H groups in total. The fraction of sp³-hybridized carbons (Fsp3) is 0.538. The number of nitrogens with zero attached hydrogens (tertiary/aromatic N) is 1. The summed E-state index contributed by atoms with van der Waals surface area (Å²) in [6.07, 6.45) is 15.5. The first-order chi connectivity index (χ1) is 14.1. The molecule has 1 aliphatic rings. The molecule has 0 heterocycles. The number of carboxylic acids is 1. The average molecular weight is 396 g/mol. The van der Waals surface area contributed by atoms with Gasteiger partial charge in [-0.1, -0.05) is 95.4 Å². The van der Waals surface area contributed by atoms with Crippen LogP contribution in [0.25, 0.3) is 0 Å². The third kappa shape index (κ3) is 6.16. The van der Waals surface area contributed by atoms with E-state index >= 15 is 0 Å². The van der Waals surface area contributed by atoms with Gasteiger partial charge in [0.15, 0.2) is 0 Å². The monoisotopic (exact) mass is 395 g/mol. The zero-order valence-corrected chi connectivity index (χ0v) is 18.4. The van der Waals surface area contributed by atoms with E-state index < -0.39 is 5.97 Å². The number of hydrogen-bond donors (Lipinski definition) is 1.